The quantitative estimate of drug-likeness (QED) is 0.765. The van der Waals surface area contributed by atoms with Crippen molar-refractivity contribution in [3.8, 4) is 5.75 Å². The van der Waals surface area contributed by atoms with Gasteiger partial charge in [-0.25, -0.2) is 4.39 Å². The molecule has 0 bridgehead atoms. The molecule has 0 aliphatic heterocycles. The fraction of sp³-hybridized carbons (Fsp3) is 0.429. The Kier molecular flexibility index (Phi) is 3.79. The first-order valence-electron chi connectivity index (χ1n) is 5.95. The third-order valence-electron chi connectivity index (χ3n) is 2.81. The molecule has 1 fully saturated rings. The Balaban J connectivity index is 1.79. The van der Waals surface area contributed by atoms with Crippen LogP contribution in [0.2, 0.25) is 0 Å². The molecule has 1 N–H and O–H groups in total. The van der Waals surface area contributed by atoms with Gasteiger partial charge >= 0.3 is 0 Å². The lowest BCUT2D eigenvalue weighted by molar-refractivity contribution is 0.328. The summed E-state index contributed by atoms with van der Waals surface area (Å²) >= 11 is 0. The highest BCUT2D eigenvalue weighted by Gasteiger charge is 2.20. The van der Waals surface area contributed by atoms with Crippen molar-refractivity contribution in [2.45, 2.75) is 25.8 Å². The third kappa shape index (κ3) is 3.56. The number of rotatable bonds is 6. The highest BCUT2D eigenvalue weighted by molar-refractivity contribution is 5.30. The van der Waals surface area contributed by atoms with Crippen molar-refractivity contribution < 1.29 is 9.13 Å². The Morgan fingerprint density at radius 1 is 1.53 bits per heavy atom. The standard InChI is InChI=1S/C14H18FNO/c1-10(8-16-12-6-7-12)9-17-13-5-3-4-11(2)14(13)15/h3-5,12,16H,1,6-9H2,2H3. The van der Waals surface area contributed by atoms with Crippen LogP contribution in [0.5, 0.6) is 5.75 Å². The van der Waals surface area contributed by atoms with Gasteiger partial charge < -0.3 is 10.1 Å². The molecule has 0 saturated heterocycles. The Labute approximate surface area is 101 Å². The third-order valence-corrected chi connectivity index (χ3v) is 2.81. The summed E-state index contributed by atoms with van der Waals surface area (Å²) in [5.41, 5.74) is 1.54. The van der Waals surface area contributed by atoms with E-state index < -0.39 is 0 Å². The van der Waals surface area contributed by atoms with E-state index in [2.05, 4.69) is 11.9 Å². The molecule has 1 aromatic carbocycles. The van der Waals surface area contributed by atoms with Gasteiger partial charge in [-0.05, 0) is 37.0 Å². The molecule has 1 aliphatic rings. The summed E-state index contributed by atoms with van der Waals surface area (Å²) in [5, 5.41) is 3.35. The summed E-state index contributed by atoms with van der Waals surface area (Å²) in [7, 11) is 0. The van der Waals surface area contributed by atoms with Gasteiger partial charge in [0.05, 0.1) is 0 Å². The van der Waals surface area contributed by atoms with E-state index >= 15 is 0 Å². The Morgan fingerprint density at radius 3 is 3.00 bits per heavy atom. The first-order valence-corrected chi connectivity index (χ1v) is 5.95. The molecule has 1 aromatic rings. The van der Waals surface area contributed by atoms with Gasteiger partial charge in [0.15, 0.2) is 11.6 Å². The zero-order valence-electron chi connectivity index (χ0n) is 10.1. The summed E-state index contributed by atoms with van der Waals surface area (Å²) in [5.74, 6) is 0.0213. The van der Waals surface area contributed by atoms with Crippen molar-refractivity contribution >= 4 is 0 Å². The zero-order chi connectivity index (χ0) is 12.3. The van der Waals surface area contributed by atoms with Gasteiger partial charge in [0.2, 0.25) is 0 Å². The molecule has 2 nitrogen and oxygen atoms in total. The molecular formula is C14H18FNO. The molecule has 2 rings (SSSR count). The monoisotopic (exact) mass is 235 g/mol. The first-order chi connectivity index (χ1) is 8.16. The minimum absolute atomic E-state index is 0.282. The minimum atomic E-state index is -0.282. The molecule has 92 valence electrons. The summed E-state index contributed by atoms with van der Waals surface area (Å²) in [6, 6.07) is 5.82. The zero-order valence-corrected chi connectivity index (χ0v) is 10.1. The maximum Gasteiger partial charge on any atom is 0.167 e. The van der Waals surface area contributed by atoms with E-state index in [0.717, 1.165) is 12.1 Å². The van der Waals surface area contributed by atoms with Crippen LogP contribution in [0.4, 0.5) is 4.39 Å². The molecule has 0 amide bonds. The minimum Gasteiger partial charge on any atom is -0.486 e. The van der Waals surface area contributed by atoms with Crippen LogP contribution in [0.15, 0.2) is 30.4 Å². The van der Waals surface area contributed by atoms with Crippen LogP contribution in [-0.4, -0.2) is 19.2 Å². The molecule has 1 aliphatic carbocycles. The van der Waals surface area contributed by atoms with E-state index in [-0.39, 0.29) is 5.82 Å². The molecule has 3 heteroatoms. The molecule has 0 aromatic heterocycles. The average molecular weight is 235 g/mol. The van der Waals surface area contributed by atoms with Gasteiger partial charge in [0, 0.05) is 12.6 Å². The SMILES string of the molecule is C=C(CNC1CC1)COc1cccc(C)c1F. The second-order valence-electron chi connectivity index (χ2n) is 4.58. The second-order valence-corrected chi connectivity index (χ2v) is 4.58. The normalized spacial score (nSPS) is 14.7. The number of ether oxygens (including phenoxy) is 1. The highest BCUT2D eigenvalue weighted by Crippen LogP contribution is 2.20. The molecule has 1 saturated carbocycles. The van der Waals surface area contributed by atoms with Crippen LogP contribution in [0.3, 0.4) is 0 Å². The molecule has 0 spiro atoms. The number of aryl methyl sites for hydroxylation is 1. The predicted octanol–water partition coefficient (Wildman–Crippen LogP) is 2.82. The topological polar surface area (TPSA) is 21.3 Å². The van der Waals surface area contributed by atoms with E-state index in [1.54, 1.807) is 25.1 Å². The van der Waals surface area contributed by atoms with Gasteiger partial charge in [-0.15, -0.1) is 0 Å². The van der Waals surface area contributed by atoms with E-state index in [0.29, 0.717) is 24.0 Å². The van der Waals surface area contributed by atoms with Gasteiger partial charge in [-0.3, -0.25) is 0 Å². The number of benzene rings is 1. The fourth-order valence-corrected chi connectivity index (χ4v) is 1.54. The molecule has 0 heterocycles. The number of hydrogen-bond acceptors (Lipinski definition) is 2. The Hall–Kier alpha value is -1.35. The van der Waals surface area contributed by atoms with E-state index in [1.165, 1.54) is 12.8 Å². The predicted molar refractivity (Wildman–Crippen MR) is 66.8 cm³/mol. The first kappa shape index (κ1) is 12.1. The van der Waals surface area contributed by atoms with Gasteiger partial charge in [0.1, 0.15) is 6.61 Å². The average Bonchev–Trinajstić information content (AvgIpc) is 3.12. The summed E-state index contributed by atoms with van der Waals surface area (Å²) < 4.78 is 19.0. The lowest BCUT2D eigenvalue weighted by Gasteiger charge is -2.10. The van der Waals surface area contributed by atoms with Crippen LogP contribution >= 0.6 is 0 Å². The van der Waals surface area contributed by atoms with E-state index in [9.17, 15) is 4.39 Å². The van der Waals surface area contributed by atoms with Gasteiger partial charge in [0.25, 0.3) is 0 Å². The summed E-state index contributed by atoms with van der Waals surface area (Å²) in [4.78, 5) is 0. The molecule has 0 radical (unpaired) electrons. The maximum atomic E-state index is 13.6. The van der Waals surface area contributed by atoms with Crippen molar-refractivity contribution in [3.05, 3.63) is 41.7 Å². The van der Waals surface area contributed by atoms with Crippen molar-refractivity contribution in [1.29, 1.82) is 0 Å². The summed E-state index contributed by atoms with van der Waals surface area (Å²) in [6.07, 6.45) is 2.50. The Morgan fingerprint density at radius 2 is 2.29 bits per heavy atom. The van der Waals surface area contributed by atoms with Crippen LogP contribution in [0, 0.1) is 12.7 Å². The molecular weight excluding hydrogens is 217 g/mol. The second kappa shape index (κ2) is 5.32. The Bertz CT molecular complexity index is 413. The molecule has 0 atom stereocenters. The summed E-state index contributed by atoms with van der Waals surface area (Å²) in [6.45, 7) is 6.75. The van der Waals surface area contributed by atoms with Crippen molar-refractivity contribution in [1.82, 2.24) is 5.32 Å². The number of halogens is 1. The van der Waals surface area contributed by atoms with Crippen LogP contribution < -0.4 is 10.1 Å². The fourth-order valence-electron chi connectivity index (χ4n) is 1.54. The van der Waals surface area contributed by atoms with E-state index in [4.69, 9.17) is 4.74 Å². The van der Waals surface area contributed by atoms with Crippen LogP contribution in [-0.2, 0) is 0 Å². The smallest absolute Gasteiger partial charge is 0.167 e. The maximum absolute atomic E-state index is 13.6. The van der Waals surface area contributed by atoms with Crippen molar-refractivity contribution in [3.63, 3.8) is 0 Å². The van der Waals surface area contributed by atoms with Gasteiger partial charge in [-0.2, -0.15) is 0 Å². The number of hydrogen-bond donors (Lipinski definition) is 1. The molecule has 0 unspecified atom stereocenters. The lowest BCUT2D eigenvalue weighted by Crippen LogP contribution is -2.21. The van der Waals surface area contributed by atoms with E-state index in [1.807, 2.05) is 0 Å². The van der Waals surface area contributed by atoms with Crippen molar-refractivity contribution in [2.24, 2.45) is 0 Å². The van der Waals surface area contributed by atoms with Crippen LogP contribution in [0.25, 0.3) is 0 Å². The van der Waals surface area contributed by atoms with Crippen LogP contribution in [0.1, 0.15) is 18.4 Å². The molecule has 17 heavy (non-hydrogen) atoms. The number of nitrogens with one attached hydrogen (secondary N) is 1. The highest BCUT2D eigenvalue weighted by atomic mass is 19.1. The van der Waals surface area contributed by atoms with Crippen molar-refractivity contribution in [2.75, 3.05) is 13.2 Å². The lowest BCUT2D eigenvalue weighted by atomic mass is 10.2. The largest absolute Gasteiger partial charge is 0.486 e. The van der Waals surface area contributed by atoms with Gasteiger partial charge in [-0.1, -0.05) is 18.7 Å².